The molecule has 0 amide bonds. The molecule has 0 N–H and O–H groups in total. The van der Waals surface area contributed by atoms with Gasteiger partial charge in [0.1, 0.15) is 4.90 Å². The molecular formula is C7H5Cl2F2NO3S. The van der Waals surface area contributed by atoms with Gasteiger partial charge in [0, 0.05) is 10.7 Å². The zero-order chi connectivity index (χ0) is 12.5. The first-order valence-corrected chi connectivity index (χ1v) is 6.43. The van der Waals surface area contributed by atoms with Crippen LogP contribution in [0.3, 0.4) is 0 Å². The topological polar surface area (TPSA) is 56.3 Å². The first-order chi connectivity index (χ1) is 7.29. The molecule has 0 fully saturated rings. The van der Waals surface area contributed by atoms with Crippen molar-refractivity contribution in [3.05, 3.63) is 16.8 Å². The molecule has 4 nitrogen and oxygen atoms in total. The van der Waals surface area contributed by atoms with Gasteiger partial charge in [0.2, 0.25) is 5.88 Å². The van der Waals surface area contributed by atoms with Crippen molar-refractivity contribution in [3.8, 4) is 5.88 Å². The summed E-state index contributed by atoms with van der Waals surface area (Å²) in [5, 5.41) is -0.683. The third-order valence-electron chi connectivity index (χ3n) is 1.66. The number of nitrogens with zero attached hydrogens (tertiary/aromatic N) is 1. The molecule has 0 radical (unpaired) electrons. The SMILES string of the molecule is COc1ncc(S(=O)(=O)Cl)c(Cl)c1C(F)F. The zero-order valence-electron chi connectivity index (χ0n) is 7.75. The fourth-order valence-electron chi connectivity index (χ4n) is 0.992. The molecule has 0 saturated carbocycles. The molecule has 1 heterocycles. The first kappa shape index (κ1) is 13.4. The van der Waals surface area contributed by atoms with E-state index in [1.54, 1.807) is 0 Å². The third-order valence-corrected chi connectivity index (χ3v) is 3.51. The Kier molecular flexibility index (Phi) is 3.92. The van der Waals surface area contributed by atoms with Gasteiger partial charge in [-0.15, -0.1) is 0 Å². The van der Waals surface area contributed by atoms with Gasteiger partial charge in [-0.1, -0.05) is 11.6 Å². The quantitative estimate of drug-likeness (QED) is 0.803. The van der Waals surface area contributed by atoms with Crippen molar-refractivity contribution < 1.29 is 21.9 Å². The van der Waals surface area contributed by atoms with Gasteiger partial charge in [-0.25, -0.2) is 22.2 Å². The minimum Gasteiger partial charge on any atom is -0.481 e. The normalized spacial score (nSPS) is 11.9. The maximum atomic E-state index is 12.6. The maximum Gasteiger partial charge on any atom is 0.270 e. The molecule has 0 atom stereocenters. The van der Waals surface area contributed by atoms with Gasteiger partial charge in [0.15, 0.2) is 0 Å². The number of pyridine rings is 1. The van der Waals surface area contributed by atoms with Crippen LogP contribution in [0, 0.1) is 0 Å². The number of ether oxygens (including phenoxy) is 1. The number of hydrogen-bond donors (Lipinski definition) is 0. The molecule has 16 heavy (non-hydrogen) atoms. The average Bonchev–Trinajstić information content (AvgIpc) is 2.14. The second-order valence-corrected chi connectivity index (χ2v) is 5.51. The van der Waals surface area contributed by atoms with Crippen molar-refractivity contribution in [1.29, 1.82) is 0 Å². The number of rotatable bonds is 3. The lowest BCUT2D eigenvalue weighted by atomic mass is 10.3. The van der Waals surface area contributed by atoms with Crippen LogP contribution >= 0.6 is 22.3 Å². The van der Waals surface area contributed by atoms with E-state index < -0.39 is 36.8 Å². The van der Waals surface area contributed by atoms with Gasteiger partial charge >= 0.3 is 0 Å². The van der Waals surface area contributed by atoms with Gasteiger partial charge in [-0.05, 0) is 0 Å². The summed E-state index contributed by atoms with van der Waals surface area (Å²) in [6.07, 6.45) is -2.26. The van der Waals surface area contributed by atoms with Crippen molar-refractivity contribution in [2.45, 2.75) is 11.3 Å². The standard InChI is InChI=1S/C7H5Cl2F2NO3S/c1-15-7-4(6(10)11)5(8)3(2-12-7)16(9,13)14/h2,6H,1H3. The van der Waals surface area contributed by atoms with Crippen LogP contribution in [-0.4, -0.2) is 20.5 Å². The number of aromatic nitrogens is 1. The Morgan fingerprint density at radius 3 is 2.44 bits per heavy atom. The van der Waals surface area contributed by atoms with E-state index in [2.05, 4.69) is 9.72 Å². The monoisotopic (exact) mass is 291 g/mol. The minimum atomic E-state index is -4.23. The minimum absolute atomic E-state index is 0.441. The summed E-state index contributed by atoms with van der Waals surface area (Å²) in [4.78, 5) is 2.72. The third kappa shape index (κ3) is 2.53. The van der Waals surface area contributed by atoms with Crippen molar-refractivity contribution in [2.75, 3.05) is 7.11 Å². The molecule has 1 aromatic rings. The lowest BCUT2D eigenvalue weighted by Gasteiger charge is -2.10. The molecule has 0 saturated heterocycles. The molecule has 0 aliphatic heterocycles. The fourth-order valence-corrected chi connectivity index (χ4v) is 2.48. The predicted octanol–water partition coefficient (Wildman–Crippen LogP) is 2.61. The van der Waals surface area contributed by atoms with Crippen LogP contribution in [0.25, 0.3) is 0 Å². The summed E-state index contributed by atoms with van der Waals surface area (Å²) in [5.74, 6) is -0.441. The second kappa shape index (κ2) is 4.68. The van der Waals surface area contributed by atoms with Crippen LogP contribution in [0.4, 0.5) is 8.78 Å². The Labute approximate surface area is 99.6 Å². The Hall–Kier alpha value is -0.660. The Balaban J connectivity index is 3.57. The van der Waals surface area contributed by atoms with Crippen LogP contribution in [0.1, 0.15) is 12.0 Å². The van der Waals surface area contributed by atoms with E-state index >= 15 is 0 Å². The molecule has 0 aliphatic rings. The summed E-state index contributed by atoms with van der Waals surface area (Å²) in [7, 11) is 1.88. The molecule has 0 unspecified atom stereocenters. The molecule has 90 valence electrons. The molecule has 0 aliphatic carbocycles. The highest BCUT2D eigenvalue weighted by Gasteiger charge is 2.26. The van der Waals surface area contributed by atoms with E-state index in [-0.39, 0.29) is 0 Å². The lowest BCUT2D eigenvalue weighted by molar-refractivity contribution is 0.146. The highest BCUT2D eigenvalue weighted by molar-refractivity contribution is 8.13. The summed E-state index contributed by atoms with van der Waals surface area (Å²) in [6, 6.07) is 0. The number of alkyl halides is 2. The van der Waals surface area contributed by atoms with Gasteiger partial charge < -0.3 is 4.74 Å². The van der Waals surface area contributed by atoms with E-state index in [9.17, 15) is 17.2 Å². The molecule has 1 rings (SSSR count). The Morgan fingerprint density at radius 2 is 2.06 bits per heavy atom. The highest BCUT2D eigenvalue weighted by atomic mass is 35.7. The summed E-state index contributed by atoms with van der Waals surface area (Å²) >= 11 is 5.51. The Bertz CT molecular complexity index is 507. The average molecular weight is 292 g/mol. The van der Waals surface area contributed by atoms with Gasteiger partial charge in [0.25, 0.3) is 15.5 Å². The summed E-state index contributed by atoms with van der Waals surface area (Å²) in [5.41, 5.74) is -0.800. The van der Waals surface area contributed by atoms with Crippen molar-refractivity contribution in [3.63, 3.8) is 0 Å². The molecule has 0 aromatic carbocycles. The van der Waals surface area contributed by atoms with Crippen LogP contribution < -0.4 is 4.74 Å². The maximum absolute atomic E-state index is 12.6. The van der Waals surface area contributed by atoms with Crippen LogP contribution in [0.5, 0.6) is 5.88 Å². The van der Waals surface area contributed by atoms with Gasteiger partial charge in [0.05, 0.1) is 23.9 Å². The van der Waals surface area contributed by atoms with E-state index in [0.717, 1.165) is 13.3 Å². The highest BCUT2D eigenvalue weighted by Crippen LogP contribution is 2.38. The van der Waals surface area contributed by atoms with Crippen molar-refractivity contribution >= 4 is 31.3 Å². The molecule has 0 spiro atoms. The van der Waals surface area contributed by atoms with Crippen molar-refractivity contribution in [1.82, 2.24) is 4.98 Å². The van der Waals surface area contributed by atoms with Gasteiger partial charge in [-0.2, -0.15) is 0 Å². The first-order valence-electron chi connectivity index (χ1n) is 3.74. The van der Waals surface area contributed by atoms with E-state index in [1.165, 1.54) is 0 Å². The Morgan fingerprint density at radius 1 is 1.50 bits per heavy atom. The van der Waals surface area contributed by atoms with E-state index in [0.29, 0.717) is 0 Å². The summed E-state index contributed by atoms with van der Waals surface area (Å²) < 4.78 is 51.7. The summed E-state index contributed by atoms with van der Waals surface area (Å²) in [6.45, 7) is 0. The molecule has 9 heteroatoms. The van der Waals surface area contributed by atoms with Crippen molar-refractivity contribution in [2.24, 2.45) is 0 Å². The number of halogens is 4. The largest absolute Gasteiger partial charge is 0.481 e. The molecule has 1 aromatic heterocycles. The van der Waals surface area contributed by atoms with Crippen LogP contribution in [-0.2, 0) is 9.05 Å². The predicted molar refractivity (Wildman–Crippen MR) is 53.8 cm³/mol. The smallest absolute Gasteiger partial charge is 0.270 e. The molecule has 0 bridgehead atoms. The van der Waals surface area contributed by atoms with Gasteiger partial charge in [-0.3, -0.25) is 0 Å². The van der Waals surface area contributed by atoms with Crippen LogP contribution in [0.15, 0.2) is 11.1 Å². The lowest BCUT2D eigenvalue weighted by Crippen LogP contribution is -2.02. The van der Waals surface area contributed by atoms with E-state index in [1.807, 2.05) is 0 Å². The number of hydrogen-bond acceptors (Lipinski definition) is 4. The zero-order valence-corrected chi connectivity index (χ0v) is 10.1. The second-order valence-electron chi connectivity index (χ2n) is 2.60. The van der Waals surface area contributed by atoms with E-state index in [4.69, 9.17) is 22.3 Å². The van der Waals surface area contributed by atoms with Crippen LogP contribution in [0.2, 0.25) is 5.02 Å². The molecular weight excluding hydrogens is 287 g/mol. The fraction of sp³-hybridized carbons (Fsp3) is 0.286. The number of methoxy groups -OCH3 is 1.